The highest BCUT2D eigenvalue weighted by atomic mass is 16.4. The number of hydrogen-bond donors (Lipinski definition) is 4. The third kappa shape index (κ3) is 13.1. The lowest BCUT2D eigenvalue weighted by molar-refractivity contribution is -0.135. The number of hydrogen-bond acceptors (Lipinski definition) is 8. The van der Waals surface area contributed by atoms with Crippen molar-refractivity contribution in [3.63, 3.8) is 0 Å². The number of rotatable bonds is 6. The average Bonchev–Trinajstić information content (AvgIpc) is 3.02. The molecule has 0 atom stereocenters. The summed E-state index contributed by atoms with van der Waals surface area (Å²) in [6.07, 6.45) is 3.72. The van der Waals surface area contributed by atoms with Crippen molar-refractivity contribution in [1.82, 2.24) is 15.1 Å². The molecule has 0 radical (unpaired) electrons. The van der Waals surface area contributed by atoms with Crippen LogP contribution in [0.25, 0.3) is 0 Å². The molecule has 0 aliphatic carbocycles. The number of likely N-dealkylation sites (tertiary alicyclic amines) is 1. The summed E-state index contributed by atoms with van der Waals surface area (Å²) in [6, 6.07) is 0.492. The molecule has 0 aromatic carbocycles. The SMILES string of the molecule is CC(=O)O.CC(=O)O.CCCN1CCC(CNc2nnc(CN)o2)CC1. The lowest BCUT2D eigenvalue weighted by atomic mass is 9.97. The number of aliphatic carboxylic acids is 2. The second-order valence-corrected chi connectivity index (χ2v) is 5.91. The summed E-state index contributed by atoms with van der Waals surface area (Å²) in [5.41, 5.74) is 5.42. The van der Waals surface area contributed by atoms with Crippen molar-refractivity contribution in [1.29, 1.82) is 0 Å². The summed E-state index contributed by atoms with van der Waals surface area (Å²) in [7, 11) is 0. The van der Waals surface area contributed by atoms with Gasteiger partial charge in [-0.15, -0.1) is 5.10 Å². The van der Waals surface area contributed by atoms with Gasteiger partial charge in [-0.25, -0.2) is 0 Å². The fraction of sp³-hybridized carbons (Fsp3) is 0.750. The van der Waals surface area contributed by atoms with Crippen molar-refractivity contribution in [3.05, 3.63) is 5.89 Å². The molecule has 1 aliphatic heterocycles. The van der Waals surface area contributed by atoms with Crippen molar-refractivity contribution in [2.75, 3.05) is 31.5 Å². The topological polar surface area (TPSA) is 155 Å². The molecule has 26 heavy (non-hydrogen) atoms. The fourth-order valence-corrected chi connectivity index (χ4v) is 2.37. The Hall–Kier alpha value is -2.20. The molecule has 0 unspecified atom stereocenters. The molecule has 2 rings (SSSR count). The summed E-state index contributed by atoms with van der Waals surface area (Å²) in [5.74, 6) is -0.485. The van der Waals surface area contributed by atoms with Gasteiger partial charge in [-0.1, -0.05) is 12.0 Å². The number of carboxylic acid groups (broad SMARTS) is 2. The number of carboxylic acids is 2. The Bertz CT molecular complexity index is 495. The monoisotopic (exact) mass is 373 g/mol. The maximum atomic E-state index is 9.00. The minimum absolute atomic E-state index is 0.296. The van der Waals surface area contributed by atoms with E-state index in [1.54, 1.807) is 0 Å². The van der Waals surface area contributed by atoms with Gasteiger partial charge in [0.1, 0.15) is 0 Å². The molecule has 5 N–H and O–H groups in total. The van der Waals surface area contributed by atoms with Gasteiger partial charge in [-0.05, 0) is 44.8 Å². The zero-order valence-electron chi connectivity index (χ0n) is 15.8. The van der Waals surface area contributed by atoms with Crippen LogP contribution < -0.4 is 11.1 Å². The van der Waals surface area contributed by atoms with Crippen LogP contribution in [0.1, 0.15) is 45.9 Å². The van der Waals surface area contributed by atoms with E-state index in [1.807, 2.05) is 0 Å². The lowest BCUT2D eigenvalue weighted by Gasteiger charge is -2.31. The van der Waals surface area contributed by atoms with Crippen molar-refractivity contribution in [2.45, 2.75) is 46.6 Å². The van der Waals surface area contributed by atoms with Crippen LogP contribution in [0.15, 0.2) is 4.42 Å². The maximum absolute atomic E-state index is 9.00. The fourth-order valence-electron chi connectivity index (χ4n) is 2.37. The Morgan fingerprint density at radius 2 is 1.77 bits per heavy atom. The first-order valence-electron chi connectivity index (χ1n) is 8.66. The predicted octanol–water partition coefficient (Wildman–Crippen LogP) is 1.24. The molecule has 0 bridgehead atoms. The van der Waals surface area contributed by atoms with Crippen LogP contribution >= 0.6 is 0 Å². The van der Waals surface area contributed by atoms with Gasteiger partial charge in [-0.2, -0.15) is 0 Å². The Morgan fingerprint density at radius 1 is 1.23 bits per heavy atom. The molecular weight excluding hydrogens is 342 g/mol. The second-order valence-electron chi connectivity index (χ2n) is 5.91. The standard InChI is InChI=1S/C12H23N5O.2C2H4O2/c1-2-5-17-6-3-10(4-7-17)9-14-12-16-15-11(8-13)18-12;2*1-2(3)4/h10H,2-9,13H2,1H3,(H,14,16);2*1H3,(H,3,4). The predicted molar refractivity (Wildman–Crippen MR) is 96.8 cm³/mol. The molecule has 0 saturated carbocycles. The van der Waals surface area contributed by atoms with Gasteiger partial charge >= 0.3 is 6.01 Å². The van der Waals surface area contributed by atoms with Crippen molar-refractivity contribution in [3.8, 4) is 0 Å². The first-order chi connectivity index (χ1) is 12.3. The summed E-state index contributed by atoms with van der Waals surface area (Å²) in [5, 5.41) is 25.8. The van der Waals surface area contributed by atoms with Crippen molar-refractivity contribution < 1.29 is 24.2 Å². The Balaban J connectivity index is 0.000000662. The molecule has 1 saturated heterocycles. The van der Waals surface area contributed by atoms with E-state index in [-0.39, 0.29) is 0 Å². The van der Waals surface area contributed by atoms with E-state index < -0.39 is 11.9 Å². The van der Waals surface area contributed by atoms with Gasteiger partial charge in [0, 0.05) is 20.4 Å². The Labute approximate surface area is 153 Å². The highest BCUT2D eigenvalue weighted by Crippen LogP contribution is 2.18. The third-order valence-corrected chi connectivity index (χ3v) is 3.43. The van der Waals surface area contributed by atoms with Crippen LogP contribution in [0, 0.1) is 5.92 Å². The van der Waals surface area contributed by atoms with E-state index in [4.69, 9.17) is 30.0 Å². The lowest BCUT2D eigenvalue weighted by Crippen LogP contribution is -2.36. The third-order valence-electron chi connectivity index (χ3n) is 3.43. The van der Waals surface area contributed by atoms with Gasteiger partial charge in [0.25, 0.3) is 11.9 Å². The number of carbonyl (C=O) groups is 2. The largest absolute Gasteiger partial charge is 0.481 e. The summed E-state index contributed by atoms with van der Waals surface area (Å²) in [4.78, 5) is 20.5. The maximum Gasteiger partial charge on any atom is 0.315 e. The Kier molecular flexibility index (Phi) is 12.8. The smallest absolute Gasteiger partial charge is 0.315 e. The van der Waals surface area contributed by atoms with Gasteiger partial charge < -0.3 is 30.6 Å². The highest BCUT2D eigenvalue weighted by Gasteiger charge is 2.18. The summed E-state index contributed by atoms with van der Waals surface area (Å²) in [6.45, 7) is 9.24. The van der Waals surface area contributed by atoms with Gasteiger partial charge in [0.05, 0.1) is 6.54 Å². The zero-order valence-corrected chi connectivity index (χ0v) is 15.8. The number of nitrogens with one attached hydrogen (secondary N) is 1. The number of piperidine rings is 1. The van der Waals surface area contributed by atoms with E-state index >= 15 is 0 Å². The van der Waals surface area contributed by atoms with Gasteiger partial charge in [0.15, 0.2) is 0 Å². The molecular formula is C16H31N5O5. The van der Waals surface area contributed by atoms with Gasteiger partial charge in [0.2, 0.25) is 5.89 Å². The van der Waals surface area contributed by atoms with E-state index in [1.165, 1.54) is 38.9 Å². The van der Waals surface area contributed by atoms with Crippen molar-refractivity contribution in [2.24, 2.45) is 11.7 Å². The van der Waals surface area contributed by atoms with E-state index in [0.29, 0.717) is 24.4 Å². The molecule has 2 heterocycles. The van der Waals surface area contributed by atoms with Crippen LogP contribution in [0.3, 0.4) is 0 Å². The molecule has 0 spiro atoms. The Morgan fingerprint density at radius 3 is 2.19 bits per heavy atom. The molecule has 10 nitrogen and oxygen atoms in total. The molecule has 1 aromatic rings. The zero-order chi connectivity index (χ0) is 19.9. The minimum atomic E-state index is -0.833. The quantitative estimate of drug-likeness (QED) is 0.572. The van der Waals surface area contributed by atoms with Crippen LogP contribution in [-0.4, -0.2) is 63.4 Å². The van der Waals surface area contributed by atoms with Crippen LogP contribution in [0.5, 0.6) is 0 Å². The minimum Gasteiger partial charge on any atom is -0.481 e. The normalized spacial score (nSPS) is 14.5. The van der Waals surface area contributed by atoms with Gasteiger partial charge in [-0.3, -0.25) is 9.59 Å². The number of aromatic nitrogens is 2. The van der Waals surface area contributed by atoms with E-state index in [0.717, 1.165) is 20.4 Å². The molecule has 0 amide bonds. The second kappa shape index (κ2) is 14.0. The molecule has 1 aromatic heterocycles. The summed E-state index contributed by atoms with van der Waals surface area (Å²) < 4.78 is 5.31. The number of anilines is 1. The first-order valence-corrected chi connectivity index (χ1v) is 8.66. The van der Waals surface area contributed by atoms with E-state index in [9.17, 15) is 0 Å². The van der Waals surface area contributed by atoms with Crippen LogP contribution in [-0.2, 0) is 16.1 Å². The molecule has 1 aliphatic rings. The van der Waals surface area contributed by atoms with E-state index in [2.05, 4.69) is 27.3 Å². The average molecular weight is 373 g/mol. The summed E-state index contributed by atoms with van der Waals surface area (Å²) >= 11 is 0. The van der Waals surface area contributed by atoms with Crippen molar-refractivity contribution >= 4 is 18.0 Å². The molecule has 150 valence electrons. The molecule has 10 heteroatoms. The first kappa shape index (κ1) is 23.8. The van der Waals surface area contributed by atoms with Crippen LogP contribution in [0.4, 0.5) is 6.01 Å². The molecule has 1 fully saturated rings. The number of nitrogens with two attached hydrogens (primary N) is 1. The number of nitrogens with zero attached hydrogens (tertiary/aromatic N) is 3. The highest BCUT2D eigenvalue weighted by molar-refractivity contribution is 5.63. The van der Waals surface area contributed by atoms with Crippen LogP contribution in [0.2, 0.25) is 0 Å².